The number of benzene rings is 1. The van der Waals surface area contributed by atoms with Crippen molar-refractivity contribution in [2.75, 3.05) is 25.2 Å². The Hall–Kier alpha value is -1.11. The van der Waals surface area contributed by atoms with Crippen molar-refractivity contribution in [2.45, 2.75) is 31.8 Å². The summed E-state index contributed by atoms with van der Waals surface area (Å²) in [6.45, 7) is 0.903. The van der Waals surface area contributed by atoms with Crippen molar-refractivity contribution in [2.24, 2.45) is 0 Å². The van der Waals surface area contributed by atoms with Crippen LogP contribution < -0.4 is 5.73 Å². The van der Waals surface area contributed by atoms with E-state index in [-0.39, 0.29) is 11.8 Å². The number of rotatable bonds is 8. The molecule has 5 nitrogen and oxygen atoms in total. The van der Waals surface area contributed by atoms with Crippen LogP contribution in [0.3, 0.4) is 0 Å². The minimum Gasteiger partial charge on any atom is -0.399 e. The molecule has 2 rings (SSSR count). The van der Waals surface area contributed by atoms with Crippen LogP contribution in [0.25, 0.3) is 0 Å². The smallest absolute Gasteiger partial charge is 0.214 e. The molecule has 0 radical (unpaired) electrons. The molecule has 20 heavy (non-hydrogen) atoms. The van der Waals surface area contributed by atoms with E-state index >= 15 is 0 Å². The maximum absolute atomic E-state index is 12.4. The standard InChI is InChI=1S/C14H22N2O3S/c1-19-9-2-10-20(17,18)16(14-7-8-14)11-12-3-5-13(15)6-4-12/h3-6,14H,2,7-11,15H2,1H3. The first-order valence-corrected chi connectivity index (χ1v) is 8.47. The molecule has 0 unspecified atom stereocenters. The Balaban J connectivity index is 2.05. The number of nitrogens with two attached hydrogens (primary N) is 1. The molecule has 1 aromatic carbocycles. The first-order valence-electron chi connectivity index (χ1n) is 6.86. The number of hydrogen-bond donors (Lipinski definition) is 1. The molecule has 1 aromatic rings. The van der Waals surface area contributed by atoms with Gasteiger partial charge in [-0.3, -0.25) is 0 Å². The van der Waals surface area contributed by atoms with E-state index in [1.54, 1.807) is 23.5 Å². The first-order chi connectivity index (χ1) is 9.53. The topological polar surface area (TPSA) is 72.6 Å². The van der Waals surface area contributed by atoms with Crippen LogP contribution in [0.4, 0.5) is 5.69 Å². The molecule has 2 N–H and O–H groups in total. The van der Waals surface area contributed by atoms with Crippen molar-refractivity contribution in [3.05, 3.63) is 29.8 Å². The van der Waals surface area contributed by atoms with Crippen molar-refractivity contribution < 1.29 is 13.2 Å². The SMILES string of the molecule is COCCCS(=O)(=O)N(Cc1ccc(N)cc1)C1CC1. The number of anilines is 1. The van der Waals surface area contributed by atoms with Crippen LogP contribution >= 0.6 is 0 Å². The molecule has 0 bridgehead atoms. The van der Waals surface area contributed by atoms with Gasteiger partial charge in [0.1, 0.15) is 0 Å². The molecule has 112 valence electrons. The van der Waals surface area contributed by atoms with E-state index in [1.807, 2.05) is 12.1 Å². The second kappa shape index (κ2) is 6.56. The highest BCUT2D eigenvalue weighted by molar-refractivity contribution is 7.89. The molecule has 1 saturated carbocycles. The van der Waals surface area contributed by atoms with Gasteiger partial charge < -0.3 is 10.5 Å². The fourth-order valence-electron chi connectivity index (χ4n) is 2.12. The third kappa shape index (κ3) is 4.19. The molecule has 0 atom stereocenters. The molecule has 1 aliphatic rings. The molecule has 0 spiro atoms. The lowest BCUT2D eigenvalue weighted by atomic mass is 10.2. The lowest BCUT2D eigenvalue weighted by Gasteiger charge is -2.22. The van der Waals surface area contributed by atoms with Gasteiger partial charge in [0, 0.05) is 32.0 Å². The summed E-state index contributed by atoms with van der Waals surface area (Å²) in [6.07, 6.45) is 2.45. The Morgan fingerprint density at radius 3 is 2.50 bits per heavy atom. The van der Waals surface area contributed by atoms with E-state index in [2.05, 4.69) is 0 Å². The van der Waals surface area contributed by atoms with Crippen LogP contribution in [0.15, 0.2) is 24.3 Å². The van der Waals surface area contributed by atoms with Crippen molar-refractivity contribution in [3.63, 3.8) is 0 Å². The van der Waals surface area contributed by atoms with Crippen molar-refractivity contribution in [1.82, 2.24) is 4.31 Å². The van der Waals surface area contributed by atoms with Crippen LogP contribution in [0.2, 0.25) is 0 Å². The lowest BCUT2D eigenvalue weighted by molar-refractivity contribution is 0.199. The lowest BCUT2D eigenvalue weighted by Crippen LogP contribution is -2.34. The van der Waals surface area contributed by atoms with Crippen LogP contribution in [0.1, 0.15) is 24.8 Å². The Labute approximate surface area is 120 Å². The maximum Gasteiger partial charge on any atom is 0.214 e. The van der Waals surface area contributed by atoms with E-state index in [0.29, 0.717) is 25.3 Å². The molecule has 1 fully saturated rings. The van der Waals surface area contributed by atoms with Gasteiger partial charge in [0.25, 0.3) is 0 Å². The van der Waals surface area contributed by atoms with Crippen molar-refractivity contribution in [1.29, 1.82) is 0 Å². The zero-order valence-corrected chi connectivity index (χ0v) is 12.6. The summed E-state index contributed by atoms with van der Waals surface area (Å²) in [4.78, 5) is 0. The molecule has 6 heteroatoms. The monoisotopic (exact) mass is 298 g/mol. The predicted octanol–water partition coefficient (Wildman–Crippen LogP) is 1.60. The molecular weight excluding hydrogens is 276 g/mol. The van der Waals surface area contributed by atoms with Crippen LogP contribution in [0, 0.1) is 0 Å². The second-order valence-corrected chi connectivity index (χ2v) is 7.22. The van der Waals surface area contributed by atoms with Gasteiger partial charge in [0.15, 0.2) is 0 Å². The molecule has 0 aliphatic heterocycles. The number of nitrogen functional groups attached to an aromatic ring is 1. The summed E-state index contributed by atoms with van der Waals surface area (Å²) < 4.78 is 31.4. The Morgan fingerprint density at radius 1 is 1.30 bits per heavy atom. The minimum atomic E-state index is -3.22. The highest BCUT2D eigenvalue weighted by Gasteiger charge is 2.36. The fraction of sp³-hybridized carbons (Fsp3) is 0.571. The predicted molar refractivity (Wildman–Crippen MR) is 79.7 cm³/mol. The van der Waals surface area contributed by atoms with Gasteiger partial charge in [-0.2, -0.15) is 4.31 Å². The summed E-state index contributed by atoms with van der Waals surface area (Å²) in [5.74, 6) is 0.145. The number of methoxy groups -OCH3 is 1. The number of ether oxygens (including phenoxy) is 1. The number of hydrogen-bond acceptors (Lipinski definition) is 4. The van der Waals surface area contributed by atoms with Crippen molar-refractivity contribution in [3.8, 4) is 0 Å². The zero-order chi connectivity index (χ0) is 14.6. The molecule has 0 amide bonds. The zero-order valence-electron chi connectivity index (χ0n) is 11.8. The van der Waals surface area contributed by atoms with Gasteiger partial charge >= 0.3 is 0 Å². The molecule has 0 heterocycles. The van der Waals surface area contributed by atoms with Crippen LogP contribution in [-0.2, 0) is 21.3 Å². The molecule has 0 saturated heterocycles. The third-order valence-corrected chi connectivity index (χ3v) is 5.33. The summed E-state index contributed by atoms with van der Waals surface area (Å²) >= 11 is 0. The number of sulfonamides is 1. The average Bonchev–Trinajstić information content (AvgIpc) is 3.22. The van der Waals surface area contributed by atoms with Crippen molar-refractivity contribution >= 4 is 15.7 Å². The van der Waals surface area contributed by atoms with E-state index in [0.717, 1.165) is 18.4 Å². The van der Waals surface area contributed by atoms with Gasteiger partial charge in [-0.25, -0.2) is 8.42 Å². The van der Waals surface area contributed by atoms with Gasteiger partial charge in [-0.1, -0.05) is 12.1 Å². The minimum absolute atomic E-state index is 0.145. The first kappa shape index (κ1) is 15.3. The summed E-state index contributed by atoms with van der Waals surface area (Å²) in [5.41, 5.74) is 7.31. The van der Waals surface area contributed by atoms with E-state index < -0.39 is 10.0 Å². The van der Waals surface area contributed by atoms with Gasteiger partial charge in [0.2, 0.25) is 10.0 Å². The molecular formula is C14H22N2O3S. The highest BCUT2D eigenvalue weighted by Crippen LogP contribution is 2.31. The second-order valence-electron chi connectivity index (χ2n) is 5.18. The van der Waals surface area contributed by atoms with Gasteiger partial charge in [-0.15, -0.1) is 0 Å². The largest absolute Gasteiger partial charge is 0.399 e. The quantitative estimate of drug-likeness (QED) is 0.584. The third-order valence-electron chi connectivity index (χ3n) is 3.38. The summed E-state index contributed by atoms with van der Waals surface area (Å²) in [6, 6.07) is 7.54. The number of nitrogens with zero attached hydrogens (tertiary/aromatic N) is 1. The van der Waals surface area contributed by atoms with Gasteiger partial charge in [-0.05, 0) is 37.0 Å². The summed E-state index contributed by atoms with van der Waals surface area (Å²) in [5, 5.41) is 0. The van der Waals surface area contributed by atoms with E-state index in [9.17, 15) is 8.42 Å². The van der Waals surface area contributed by atoms with Gasteiger partial charge in [0.05, 0.1) is 5.75 Å². The summed E-state index contributed by atoms with van der Waals surface area (Å²) in [7, 11) is -1.63. The normalized spacial score (nSPS) is 15.7. The Bertz CT molecular complexity index is 524. The van der Waals surface area contributed by atoms with Crippen LogP contribution in [-0.4, -0.2) is 38.2 Å². The maximum atomic E-state index is 12.4. The molecule has 0 aromatic heterocycles. The van der Waals surface area contributed by atoms with E-state index in [4.69, 9.17) is 10.5 Å². The van der Waals surface area contributed by atoms with E-state index in [1.165, 1.54) is 0 Å². The highest BCUT2D eigenvalue weighted by atomic mass is 32.2. The Morgan fingerprint density at radius 2 is 1.95 bits per heavy atom. The fourth-order valence-corrected chi connectivity index (χ4v) is 3.85. The van der Waals surface area contributed by atoms with Crippen LogP contribution in [0.5, 0.6) is 0 Å². The Kier molecular flexibility index (Phi) is 5.01. The molecule has 1 aliphatic carbocycles. The average molecular weight is 298 g/mol.